The van der Waals surface area contributed by atoms with Crippen LogP contribution in [-0.4, -0.2) is 63.2 Å². The average molecular weight is 388 g/mol. The first-order chi connectivity index (χ1) is 13.7. The standard InChI is InChI=1S/C22H33N3O3/c1-28-17-5-12-23-21(26)18-8-10-19(11-9-18)22(27)25-15-13-24(14-16-25)20-6-3-2-4-7-20/h2-4,6-7,18-19H,5,8-17H2,1H3,(H,23,26). The summed E-state index contributed by atoms with van der Waals surface area (Å²) >= 11 is 0. The van der Waals surface area contributed by atoms with Crippen molar-refractivity contribution in [2.24, 2.45) is 11.8 Å². The number of para-hydroxylation sites is 1. The molecule has 1 saturated heterocycles. The van der Waals surface area contributed by atoms with Crippen LogP contribution in [0, 0.1) is 11.8 Å². The molecule has 1 aliphatic heterocycles. The molecular weight excluding hydrogens is 354 g/mol. The Bertz CT molecular complexity index is 621. The van der Waals surface area contributed by atoms with Gasteiger partial charge < -0.3 is 19.9 Å². The van der Waals surface area contributed by atoms with Crippen molar-refractivity contribution in [3.63, 3.8) is 0 Å². The molecule has 1 N–H and O–H groups in total. The van der Waals surface area contributed by atoms with Gasteiger partial charge in [0.05, 0.1) is 0 Å². The molecule has 0 aromatic heterocycles. The van der Waals surface area contributed by atoms with Crippen molar-refractivity contribution in [1.29, 1.82) is 0 Å². The number of amides is 2. The molecule has 3 rings (SSSR count). The molecule has 1 aromatic rings. The van der Waals surface area contributed by atoms with E-state index >= 15 is 0 Å². The molecule has 2 fully saturated rings. The Morgan fingerprint density at radius 1 is 1.00 bits per heavy atom. The van der Waals surface area contributed by atoms with Gasteiger partial charge in [-0.3, -0.25) is 9.59 Å². The van der Waals surface area contributed by atoms with E-state index in [1.165, 1.54) is 5.69 Å². The largest absolute Gasteiger partial charge is 0.385 e. The minimum atomic E-state index is 0.0570. The van der Waals surface area contributed by atoms with Crippen LogP contribution in [0.5, 0.6) is 0 Å². The molecule has 28 heavy (non-hydrogen) atoms. The number of nitrogens with zero attached hydrogens (tertiary/aromatic N) is 2. The number of carbonyl (C=O) groups is 2. The van der Waals surface area contributed by atoms with E-state index in [0.717, 1.165) is 58.3 Å². The van der Waals surface area contributed by atoms with Crippen LogP contribution in [-0.2, 0) is 14.3 Å². The van der Waals surface area contributed by atoms with Gasteiger partial charge in [0.15, 0.2) is 0 Å². The second kappa shape index (κ2) is 10.5. The summed E-state index contributed by atoms with van der Waals surface area (Å²) in [6.45, 7) is 4.67. The smallest absolute Gasteiger partial charge is 0.225 e. The number of carbonyl (C=O) groups excluding carboxylic acids is 2. The molecule has 0 spiro atoms. The van der Waals surface area contributed by atoms with Crippen molar-refractivity contribution in [3.05, 3.63) is 30.3 Å². The second-order valence-corrected chi connectivity index (χ2v) is 7.83. The lowest BCUT2D eigenvalue weighted by molar-refractivity contribution is -0.138. The Morgan fingerprint density at radius 2 is 1.64 bits per heavy atom. The summed E-state index contributed by atoms with van der Waals surface area (Å²) in [5, 5.41) is 3.00. The summed E-state index contributed by atoms with van der Waals surface area (Å²) in [7, 11) is 1.67. The SMILES string of the molecule is COCCCNC(=O)C1CCC(C(=O)N2CCN(c3ccccc3)CC2)CC1. The molecular formula is C22H33N3O3. The number of piperazine rings is 1. The lowest BCUT2D eigenvalue weighted by atomic mass is 9.81. The van der Waals surface area contributed by atoms with Gasteiger partial charge in [0.25, 0.3) is 0 Å². The Balaban J connectivity index is 1.39. The Hall–Kier alpha value is -2.08. The molecule has 2 aliphatic rings. The van der Waals surface area contributed by atoms with Crippen molar-refractivity contribution in [3.8, 4) is 0 Å². The van der Waals surface area contributed by atoms with E-state index in [2.05, 4.69) is 34.5 Å². The number of ether oxygens (including phenoxy) is 1. The minimum Gasteiger partial charge on any atom is -0.385 e. The molecule has 0 radical (unpaired) electrons. The maximum atomic E-state index is 12.9. The topological polar surface area (TPSA) is 61.9 Å². The van der Waals surface area contributed by atoms with Crippen molar-refractivity contribution in [2.75, 3.05) is 51.3 Å². The number of anilines is 1. The fraction of sp³-hybridized carbons (Fsp3) is 0.636. The molecule has 1 heterocycles. The molecule has 1 aromatic carbocycles. The lowest BCUT2D eigenvalue weighted by Gasteiger charge is -2.38. The van der Waals surface area contributed by atoms with Gasteiger partial charge in [-0.15, -0.1) is 0 Å². The number of methoxy groups -OCH3 is 1. The van der Waals surface area contributed by atoms with Crippen LogP contribution in [0.2, 0.25) is 0 Å². The van der Waals surface area contributed by atoms with Crippen LogP contribution in [0.4, 0.5) is 5.69 Å². The third kappa shape index (κ3) is 5.47. The Labute approximate surface area is 168 Å². The molecule has 6 nitrogen and oxygen atoms in total. The van der Waals surface area contributed by atoms with E-state index < -0.39 is 0 Å². The van der Waals surface area contributed by atoms with Gasteiger partial charge in [-0.05, 0) is 44.2 Å². The predicted octanol–water partition coefficient (Wildman–Crippen LogP) is 2.29. The molecule has 0 bridgehead atoms. The average Bonchev–Trinajstić information content (AvgIpc) is 2.77. The molecule has 1 aliphatic carbocycles. The molecule has 1 saturated carbocycles. The highest BCUT2D eigenvalue weighted by Crippen LogP contribution is 2.30. The van der Waals surface area contributed by atoms with Gasteiger partial charge in [-0.25, -0.2) is 0 Å². The predicted molar refractivity (Wildman–Crippen MR) is 110 cm³/mol. The normalized spacial score (nSPS) is 22.8. The van der Waals surface area contributed by atoms with Gasteiger partial charge in [0.1, 0.15) is 0 Å². The Kier molecular flexibility index (Phi) is 7.71. The zero-order valence-electron chi connectivity index (χ0n) is 16.9. The van der Waals surface area contributed by atoms with E-state index in [-0.39, 0.29) is 23.7 Å². The van der Waals surface area contributed by atoms with Crippen LogP contribution in [0.15, 0.2) is 30.3 Å². The fourth-order valence-corrected chi connectivity index (χ4v) is 4.26. The first kappa shape index (κ1) is 20.6. The third-order valence-corrected chi connectivity index (χ3v) is 5.98. The van der Waals surface area contributed by atoms with Crippen molar-refractivity contribution < 1.29 is 14.3 Å². The highest BCUT2D eigenvalue weighted by molar-refractivity contribution is 5.81. The van der Waals surface area contributed by atoms with Crippen LogP contribution < -0.4 is 10.2 Å². The summed E-state index contributed by atoms with van der Waals surface area (Å²) in [6, 6.07) is 10.4. The van der Waals surface area contributed by atoms with Crippen molar-refractivity contribution in [2.45, 2.75) is 32.1 Å². The van der Waals surface area contributed by atoms with Gasteiger partial charge in [0.2, 0.25) is 11.8 Å². The van der Waals surface area contributed by atoms with Crippen LogP contribution in [0.1, 0.15) is 32.1 Å². The first-order valence-electron chi connectivity index (χ1n) is 10.5. The van der Waals surface area contributed by atoms with E-state index in [0.29, 0.717) is 13.2 Å². The summed E-state index contributed by atoms with van der Waals surface area (Å²) in [6.07, 6.45) is 4.12. The van der Waals surface area contributed by atoms with Gasteiger partial charge in [0, 0.05) is 64.0 Å². The summed E-state index contributed by atoms with van der Waals surface area (Å²) in [4.78, 5) is 29.5. The van der Waals surface area contributed by atoms with Gasteiger partial charge in [-0.2, -0.15) is 0 Å². The summed E-state index contributed by atoms with van der Waals surface area (Å²) in [5.74, 6) is 0.562. The number of benzene rings is 1. The number of hydrogen-bond acceptors (Lipinski definition) is 4. The first-order valence-corrected chi connectivity index (χ1v) is 10.5. The third-order valence-electron chi connectivity index (χ3n) is 5.98. The zero-order valence-corrected chi connectivity index (χ0v) is 16.9. The zero-order chi connectivity index (χ0) is 19.8. The summed E-state index contributed by atoms with van der Waals surface area (Å²) < 4.78 is 5.00. The number of hydrogen-bond donors (Lipinski definition) is 1. The maximum Gasteiger partial charge on any atom is 0.225 e. The number of rotatable bonds is 7. The minimum absolute atomic E-state index is 0.0570. The van der Waals surface area contributed by atoms with Gasteiger partial charge in [-0.1, -0.05) is 18.2 Å². The second-order valence-electron chi connectivity index (χ2n) is 7.83. The van der Waals surface area contributed by atoms with E-state index in [9.17, 15) is 9.59 Å². The van der Waals surface area contributed by atoms with Crippen molar-refractivity contribution in [1.82, 2.24) is 10.2 Å². The Morgan fingerprint density at radius 3 is 2.29 bits per heavy atom. The molecule has 2 amide bonds. The monoisotopic (exact) mass is 387 g/mol. The van der Waals surface area contributed by atoms with Gasteiger partial charge >= 0.3 is 0 Å². The van der Waals surface area contributed by atoms with Crippen LogP contribution in [0.25, 0.3) is 0 Å². The molecule has 154 valence electrons. The van der Waals surface area contributed by atoms with E-state index in [1.807, 2.05) is 11.0 Å². The van der Waals surface area contributed by atoms with Crippen molar-refractivity contribution >= 4 is 17.5 Å². The maximum absolute atomic E-state index is 12.9. The lowest BCUT2D eigenvalue weighted by Crippen LogP contribution is -2.51. The quantitative estimate of drug-likeness (QED) is 0.730. The molecule has 0 atom stereocenters. The summed E-state index contributed by atoms with van der Waals surface area (Å²) in [5.41, 5.74) is 1.23. The molecule has 0 unspecified atom stereocenters. The van der Waals surface area contributed by atoms with E-state index in [4.69, 9.17) is 4.74 Å². The highest BCUT2D eigenvalue weighted by atomic mass is 16.5. The van der Waals surface area contributed by atoms with Crippen LogP contribution >= 0.6 is 0 Å². The molecule has 6 heteroatoms. The van der Waals surface area contributed by atoms with Crippen LogP contribution in [0.3, 0.4) is 0 Å². The highest BCUT2D eigenvalue weighted by Gasteiger charge is 2.33. The number of nitrogens with one attached hydrogen (secondary N) is 1. The van der Waals surface area contributed by atoms with E-state index in [1.54, 1.807) is 7.11 Å². The fourth-order valence-electron chi connectivity index (χ4n) is 4.26.